The van der Waals surface area contributed by atoms with E-state index in [-0.39, 0.29) is 12.5 Å². The van der Waals surface area contributed by atoms with Gasteiger partial charge in [0.05, 0.1) is 25.4 Å². The molecule has 0 aliphatic carbocycles. The summed E-state index contributed by atoms with van der Waals surface area (Å²) in [5.74, 6) is -0.201. The maximum Gasteiger partial charge on any atom is 0.220 e. The predicted molar refractivity (Wildman–Crippen MR) is 336 cm³/mol. The van der Waals surface area contributed by atoms with Gasteiger partial charge in [-0.15, -0.1) is 0 Å². The number of rotatable bonds is 52. The number of aliphatic hydroxyl groups excluding tert-OH is 5. The molecule has 0 saturated carbocycles. The van der Waals surface area contributed by atoms with Gasteiger partial charge in [0.15, 0.2) is 6.29 Å². The van der Waals surface area contributed by atoms with Crippen LogP contribution in [0.1, 0.15) is 232 Å². The first-order chi connectivity index (χ1) is 38.8. The van der Waals surface area contributed by atoms with Gasteiger partial charge in [0, 0.05) is 6.42 Å². The fourth-order valence-electron chi connectivity index (χ4n) is 8.98. The number of amides is 1. The van der Waals surface area contributed by atoms with E-state index in [2.05, 4.69) is 153 Å². The minimum atomic E-state index is -1.58. The summed E-state index contributed by atoms with van der Waals surface area (Å²) in [6, 6.07) is -0.826. The van der Waals surface area contributed by atoms with Crippen molar-refractivity contribution in [3.8, 4) is 0 Å². The van der Waals surface area contributed by atoms with Crippen molar-refractivity contribution >= 4 is 5.91 Å². The molecule has 1 amide bonds. The number of hydrogen-bond donors (Lipinski definition) is 6. The van der Waals surface area contributed by atoms with Crippen molar-refractivity contribution in [1.82, 2.24) is 5.32 Å². The van der Waals surface area contributed by atoms with E-state index in [0.717, 1.165) is 128 Å². The molecule has 0 aromatic heterocycles. The Kier molecular flexibility index (Phi) is 53.0. The largest absolute Gasteiger partial charge is 0.394 e. The molecule has 0 aromatic rings. The standard InChI is InChI=1S/C70H115NO8/c1-3-5-7-9-11-13-15-17-19-21-22-23-24-25-26-27-28-29-30-31-32-33-34-35-36-37-38-39-40-41-42-44-46-48-50-52-54-56-58-60-66(74)71-63(62-78-70-69(77)68(76)67(75)65(61-72)79-70)64(73)59-57-55-53-51-49-47-45-43-20-18-16-14-12-10-8-6-4-2/h5,7,11,13,17,19,22-23,25-26,28-29,31-32,34-35,37-38,40-41,44,46,57,59,63-65,67-70,72-73,75-77H,3-4,6,8-10,12,14-16,18,20-21,24,27,30,33,36,39,42-43,45,47-56,58,60-62H2,1-2H3,(H,71,74)/b7-5-,13-11-,19-17-,23-22-,26-25-,29-28-,32-31-,35-34-,38-37-,41-40-,46-44-,59-57+. The van der Waals surface area contributed by atoms with Gasteiger partial charge in [0.25, 0.3) is 0 Å². The second-order valence-electron chi connectivity index (χ2n) is 21.1. The maximum absolute atomic E-state index is 13.1. The van der Waals surface area contributed by atoms with Crippen LogP contribution in [-0.2, 0) is 14.3 Å². The smallest absolute Gasteiger partial charge is 0.220 e. The third-order valence-corrected chi connectivity index (χ3v) is 13.9. The Morgan fingerprint density at radius 3 is 1.16 bits per heavy atom. The average Bonchev–Trinajstić information content (AvgIpc) is 3.48. The molecule has 9 heteroatoms. The molecular formula is C70H115NO8. The molecule has 1 aliphatic heterocycles. The number of carbonyl (C=O) groups excluding carboxylic acids is 1. The van der Waals surface area contributed by atoms with Gasteiger partial charge in [-0.3, -0.25) is 4.79 Å². The molecule has 6 N–H and O–H groups in total. The molecule has 1 saturated heterocycles. The van der Waals surface area contributed by atoms with Crippen molar-refractivity contribution in [3.63, 3.8) is 0 Å². The normalized spacial score (nSPS) is 19.6. The van der Waals surface area contributed by atoms with Crippen LogP contribution in [0.3, 0.4) is 0 Å². The van der Waals surface area contributed by atoms with Gasteiger partial charge in [-0.25, -0.2) is 0 Å². The molecule has 9 nitrogen and oxygen atoms in total. The third-order valence-electron chi connectivity index (χ3n) is 13.9. The first kappa shape index (κ1) is 73.1. The van der Waals surface area contributed by atoms with Gasteiger partial charge < -0.3 is 40.3 Å². The zero-order valence-electron chi connectivity index (χ0n) is 49.8. The summed E-state index contributed by atoms with van der Waals surface area (Å²) in [6.45, 7) is 3.65. The maximum atomic E-state index is 13.1. The van der Waals surface area contributed by atoms with Crippen LogP contribution >= 0.6 is 0 Å². The van der Waals surface area contributed by atoms with E-state index in [1.165, 1.54) is 83.5 Å². The minimum Gasteiger partial charge on any atom is -0.394 e. The lowest BCUT2D eigenvalue weighted by molar-refractivity contribution is -0.302. The van der Waals surface area contributed by atoms with Crippen LogP contribution in [0.5, 0.6) is 0 Å². The van der Waals surface area contributed by atoms with Crippen molar-refractivity contribution in [3.05, 3.63) is 146 Å². The summed E-state index contributed by atoms with van der Waals surface area (Å²) in [4.78, 5) is 13.1. The average molecular weight is 1100 g/mol. The Morgan fingerprint density at radius 2 is 0.785 bits per heavy atom. The van der Waals surface area contributed by atoms with Gasteiger partial charge in [-0.2, -0.15) is 0 Å². The predicted octanol–water partition coefficient (Wildman–Crippen LogP) is 16.6. The van der Waals surface area contributed by atoms with Crippen LogP contribution in [0.15, 0.2) is 146 Å². The molecule has 79 heavy (non-hydrogen) atoms. The van der Waals surface area contributed by atoms with E-state index >= 15 is 0 Å². The molecule has 7 atom stereocenters. The molecule has 1 heterocycles. The van der Waals surface area contributed by atoms with Crippen LogP contribution in [0.25, 0.3) is 0 Å². The summed E-state index contributed by atoms with van der Waals surface area (Å²) < 4.78 is 11.3. The zero-order chi connectivity index (χ0) is 57.2. The van der Waals surface area contributed by atoms with E-state index in [9.17, 15) is 30.3 Å². The summed E-state index contributed by atoms with van der Waals surface area (Å²) in [6.07, 6.45) is 82.0. The fraction of sp³-hybridized carbons (Fsp3) is 0.643. The van der Waals surface area contributed by atoms with E-state index < -0.39 is 49.5 Å². The lowest BCUT2D eigenvalue weighted by Crippen LogP contribution is -2.60. The monoisotopic (exact) mass is 1100 g/mol. The van der Waals surface area contributed by atoms with Crippen molar-refractivity contribution in [1.29, 1.82) is 0 Å². The molecule has 0 bridgehead atoms. The highest BCUT2D eigenvalue weighted by Crippen LogP contribution is 2.23. The second kappa shape index (κ2) is 57.3. The topological polar surface area (TPSA) is 149 Å². The lowest BCUT2D eigenvalue weighted by Gasteiger charge is -2.40. The first-order valence-electron chi connectivity index (χ1n) is 31.6. The second-order valence-corrected chi connectivity index (χ2v) is 21.1. The summed E-state index contributed by atoms with van der Waals surface area (Å²) in [5, 5.41) is 54.5. The van der Waals surface area contributed by atoms with Crippen molar-refractivity contribution in [2.45, 2.75) is 275 Å². The van der Waals surface area contributed by atoms with Crippen LogP contribution in [0.2, 0.25) is 0 Å². The van der Waals surface area contributed by atoms with Crippen LogP contribution in [0, 0.1) is 0 Å². The lowest BCUT2D eigenvalue weighted by atomic mass is 9.99. The van der Waals surface area contributed by atoms with Crippen molar-refractivity contribution in [2.75, 3.05) is 13.2 Å². The third kappa shape index (κ3) is 46.4. The Labute approximate surface area is 483 Å². The van der Waals surface area contributed by atoms with Gasteiger partial charge in [0.1, 0.15) is 24.4 Å². The molecule has 1 rings (SSSR count). The highest BCUT2D eigenvalue weighted by molar-refractivity contribution is 5.76. The molecule has 1 aliphatic rings. The Hall–Kier alpha value is -3.93. The number of carbonyl (C=O) groups is 1. The van der Waals surface area contributed by atoms with Gasteiger partial charge in [-0.05, 0) is 103 Å². The number of ether oxygens (including phenoxy) is 2. The number of aliphatic hydroxyl groups is 5. The number of unbranched alkanes of at least 4 members (excludes halogenated alkanes) is 20. The van der Waals surface area contributed by atoms with E-state index in [0.29, 0.717) is 6.42 Å². The Morgan fingerprint density at radius 1 is 0.443 bits per heavy atom. The van der Waals surface area contributed by atoms with E-state index in [1.54, 1.807) is 6.08 Å². The number of nitrogens with one attached hydrogen (secondary N) is 1. The number of allylic oxidation sites excluding steroid dienone is 23. The highest BCUT2D eigenvalue weighted by Gasteiger charge is 2.44. The molecular weight excluding hydrogens is 983 g/mol. The summed E-state index contributed by atoms with van der Waals surface area (Å²) in [5.41, 5.74) is 0. The van der Waals surface area contributed by atoms with Crippen molar-refractivity contribution < 1.29 is 39.8 Å². The van der Waals surface area contributed by atoms with E-state index in [1.807, 2.05) is 6.08 Å². The highest BCUT2D eigenvalue weighted by atomic mass is 16.7. The van der Waals surface area contributed by atoms with Gasteiger partial charge in [-0.1, -0.05) is 269 Å². The molecule has 0 radical (unpaired) electrons. The molecule has 7 unspecified atom stereocenters. The fourth-order valence-corrected chi connectivity index (χ4v) is 8.98. The summed E-state index contributed by atoms with van der Waals surface area (Å²) in [7, 11) is 0. The molecule has 1 fully saturated rings. The zero-order valence-corrected chi connectivity index (χ0v) is 49.8. The SMILES string of the molecule is CC/C=C\C/C=C\C/C=C\C/C=C\C/C=C\C/C=C\C/C=C\C/C=C\C/C=C\C/C=C\C/C=C\CCCCCCCC(=O)NC(COC1OC(CO)C(O)C(O)C1O)C(O)/C=C/CCCCCCCCCCCCCCCCC. The quantitative estimate of drug-likeness (QED) is 0.0261. The Bertz CT molecular complexity index is 1750. The van der Waals surface area contributed by atoms with Crippen LogP contribution < -0.4 is 5.32 Å². The van der Waals surface area contributed by atoms with E-state index in [4.69, 9.17) is 9.47 Å². The molecule has 448 valence electrons. The van der Waals surface area contributed by atoms with Gasteiger partial charge in [0.2, 0.25) is 5.91 Å². The first-order valence-corrected chi connectivity index (χ1v) is 31.6. The van der Waals surface area contributed by atoms with Crippen LogP contribution in [0.4, 0.5) is 0 Å². The van der Waals surface area contributed by atoms with Gasteiger partial charge >= 0.3 is 0 Å². The van der Waals surface area contributed by atoms with Crippen LogP contribution in [-0.4, -0.2) is 87.5 Å². The number of hydrogen-bond acceptors (Lipinski definition) is 8. The Balaban J connectivity index is 2.21. The molecule has 0 aromatic carbocycles. The minimum absolute atomic E-state index is 0.201. The molecule has 0 spiro atoms. The summed E-state index contributed by atoms with van der Waals surface area (Å²) >= 11 is 0. The van der Waals surface area contributed by atoms with Crippen molar-refractivity contribution in [2.24, 2.45) is 0 Å².